The molecule has 0 aliphatic rings. The minimum Gasteiger partial charge on any atom is -0.464 e. The highest BCUT2D eigenvalue weighted by atomic mass is 16.5. The van der Waals surface area contributed by atoms with Crippen LogP contribution in [0.4, 0.5) is 0 Å². The van der Waals surface area contributed by atoms with Gasteiger partial charge in [0.1, 0.15) is 17.1 Å². The molecule has 1 amide bonds. The van der Waals surface area contributed by atoms with Crippen LogP contribution in [0, 0.1) is 6.92 Å². The molecule has 3 aromatic heterocycles. The van der Waals surface area contributed by atoms with Crippen molar-refractivity contribution in [2.24, 2.45) is 0 Å². The van der Waals surface area contributed by atoms with Crippen molar-refractivity contribution in [3.8, 4) is 11.3 Å². The molecular formula is C15H13N3O3. The molecule has 0 unspecified atom stereocenters. The molecule has 3 aromatic rings. The summed E-state index contributed by atoms with van der Waals surface area (Å²) in [5.74, 6) is 1.01. The molecule has 6 nitrogen and oxygen atoms in total. The van der Waals surface area contributed by atoms with Crippen molar-refractivity contribution in [3.63, 3.8) is 0 Å². The molecule has 106 valence electrons. The third-order valence-corrected chi connectivity index (χ3v) is 3.05. The van der Waals surface area contributed by atoms with E-state index in [1.165, 1.54) is 6.20 Å². The molecule has 1 N–H and O–H groups in total. The Balaban J connectivity index is 1.70. The summed E-state index contributed by atoms with van der Waals surface area (Å²) in [6.45, 7) is 2.06. The number of pyridine rings is 1. The van der Waals surface area contributed by atoms with Crippen LogP contribution in [0.25, 0.3) is 11.3 Å². The Morgan fingerprint density at radius 2 is 2.24 bits per heavy atom. The number of amides is 1. The Hall–Kier alpha value is -2.89. The predicted octanol–water partition coefficient (Wildman–Crippen LogP) is 2.57. The first-order valence-electron chi connectivity index (χ1n) is 6.41. The first-order valence-corrected chi connectivity index (χ1v) is 6.41. The minimum atomic E-state index is -0.225. The highest BCUT2D eigenvalue weighted by Gasteiger charge is 2.12. The van der Waals surface area contributed by atoms with E-state index in [0.717, 1.165) is 16.9 Å². The van der Waals surface area contributed by atoms with Gasteiger partial charge in [0.15, 0.2) is 0 Å². The number of hydrogen-bond donors (Lipinski definition) is 1. The monoisotopic (exact) mass is 283 g/mol. The second kappa shape index (κ2) is 5.62. The number of aryl methyl sites for hydroxylation is 1. The van der Waals surface area contributed by atoms with Gasteiger partial charge in [-0.05, 0) is 30.7 Å². The third kappa shape index (κ3) is 2.84. The Morgan fingerprint density at radius 1 is 1.33 bits per heavy atom. The van der Waals surface area contributed by atoms with E-state index in [2.05, 4.69) is 15.5 Å². The summed E-state index contributed by atoms with van der Waals surface area (Å²) in [5.41, 5.74) is 2.18. The lowest BCUT2D eigenvalue weighted by Gasteiger charge is -2.05. The van der Waals surface area contributed by atoms with Crippen LogP contribution in [0.5, 0.6) is 0 Å². The first kappa shape index (κ1) is 13.1. The summed E-state index contributed by atoms with van der Waals surface area (Å²) in [4.78, 5) is 16.1. The van der Waals surface area contributed by atoms with Crippen LogP contribution < -0.4 is 5.32 Å². The molecule has 3 heterocycles. The number of hydrogen-bond acceptors (Lipinski definition) is 5. The maximum Gasteiger partial charge on any atom is 0.256 e. The van der Waals surface area contributed by atoms with Crippen molar-refractivity contribution in [3.05, 3.63) is 59.9 Å². The van der Waals surface area contributed by atoms with Gasteiger partial charge in [0.25, 0.3) is 5.91 Å². The topological polar surface area (TPSA) is 81.2 Å². The molecule has 0 saturated heterocycles. The van der Waals surface area contributed by atoms with Crippen LogP contribution in [0.2, 0.25) is 0 Å². The Morgan fingerprint density at radius 3 is 2.95 bits per heavy atom. The largest absolute Gasteiger partial charge is 0.464 e. The lowest BCUT2D eigenvalue weighted by molar-refractivity contribution is 0.0949. The zero-order chi connectivity index (χ0) is 14.7. The van der Waals surface area contributed by atoms with Crippen molar-refractivity contribution in [1.29, 1.82) is 0 Å². The summed E-state index contributed by atoms with van der Waals surface area (Å²) < 4.78 is 10.2. The molecule has 0 spiro atoms. The van der Waals surface area contributed by atoms with Gasteiger partial charge in [0.2, 0.25) is 0 Å². The molecule has 0 aliphatic heterocycles. The zero-order valence-corrected chi connectivity index (χ0v) is 11.4. The van der Waals surface area contributed by atoms with E-state index in [-0.39, 0.29) is 5.91 Å². The minimum absolute atomic E-state index is 0.225. The van der Waals surface area contributed by atoms with E-state index in [4.69, 9.17) is 8.94 Å². The van der Waals surface area contributed by atoms with Gasteiger partial charge in [-0.25, -0.2) is 0 Å². The average molecular weight is 283 g/mol. The number of rotatable bonds is 4. The molecule has 0 bridgehead atoms. The van der Waals surface area contributed by atoms with E-state index >= 15 is 0 Å². The summed E-state index contributed by atoms with van der Waals surface area (Å²) in [5, 5.41) is 6.39. The van der Waals surface area contributed by atoms with Crippen molar-refractivity contribution >= 4 is 5.91 Å². The van der Waals surface area contributed by atoms with E-state index in [1.54, 1.807) is 25.6 Å². The summed E-state index contributed by atoms with van der Waals surface area (Å²) in [7, 11) is 0. The summed E-state index contributed by atoms with van der Waals surface area (Å²) in [6.07, 6.45) is 6.43. The Kier molecular flexibility index (Phi) is 3.51. The molecule has 0 fully saturated rings. The number of furan rings is 1. The van der Waals surface area contributed by atoms with Crippen molar-refractivity contribution < 1.29 is 13.7 Å². The lowest BCUT2D eigenvalue weighted by Crippen LogP contribution is -2.23. The van der Waals surface area contributed by atoms with Crippen LogP contribution in [0.15, 0.2) is 52.0 Å². The second-order valence-corrected chi connectivity index (χ2v) is 4.54. The highest BCUT2D eigenvalue weighted by molar-refractivity contribution is 5.94. The molecule has 21 heavy (non-hydrogen) atoms. The molecular weight excluding hydrogens is 270 g/mol. The quantitative estimate of drug-likeness (QED) is 0.795. The average Bonchev–Trinajstić information content (AvgIpc) is 3.16. The molecule has 0 aliphatic carbocycles. The Labute approximate surface area is 120 Å². The number of aromatic nitrogens is 2. The van der Waals surface area contributed by atoms with Gasteiger partial charge in [0.05, 0.1) is 12.5 Å². The molecule has 0 atom stereocenters. The summed E-state index contributed by atoms with van der Waals surface area (Å²) in [6, 6.07) is 5.60. The number of carbonyl (C=O) groups excluding carboxylic acids is 1. The maximum atomic E-state index is 12.0. The van der Waals surface area contributed by atoms with Gasteiger partial charge in [-0.1, -0.05) is 5.16 Å². The fourth-order valence-electron chi connectivity index (χ4n) is 1.96. The summed E-state index contributed by atoms with van der Waals surface area (Å²) >= 11 is 0. The lowest BCUT2D eigenvalue weighted by atomic mass is 10.1. The van der Waals surface area contributed by atoms with E-state index in [1.807, 2.05) is 18.2 Å². The van der Waals surface area contributed by atoms with E-state index in [0.29, 0.717) is 17.9 Å². The van der Waals surface area contributed by atoms with Crippen LogP contribution in [0.1, 0.15) is 21.7 Å². The maximum absolute atomic E-state index is 12.0. The smallest absolute Gasteiger partial charge is 0.256 e. The fourth-order valence-corrected chi connectivity index (χ4v) is 1.96. The molecule has 0 saturated carbocycles. The van der Waals surface area contributed by atoms with Gasteiger partial charge < -0.3 is 14.3 Å². The third-order valence-electron chi connectivity index (χ3n) is 3.05. The number of nitrogens with one attached hydrogen (secondary N) is 1. The fraction of sp³-hybridized carbons (Fsp3) is 0.133. The van der Waals surface area contributed by atoms with Gasteiger partial charge in [-0.15, -0.1) is 0 Å². The normalized spacial score (nSPS) is 10.5. The SMILES string of the molecule is Cc1oncc1C(=O)NCc1cncc(-c2ccco2)c1. The van der Waals surface area contributed by atoms with Gasteiger partial charge >= 0.3 is 0 Å². The van der Waals surface area contributed by atoms with Crippen LogP contribution in [-0.2, 0) is 6.54 Å². The standard InChI is InChI=1S/C15H13N3O3/c1-10-13(9-18-21-10)15(19)17-7-11-5-12(8-16-6-11)14-3-2-4-20-14/h2-6,8-9H,7H2,1H3,(H,17,19). The van der Waals surface area contributed by atoms with Crippen molar-refractivity contribution in [2.45, 2.75) is 13.5 Å². The van der Waals surface area contributed by atoms with Gasteiger partial charge in [-0.3, -0.25) is 9.78 Å². The Bertz CT molecular complexity index is 747. The van der Waals surface area contributed by atoms with E-state index < -0.39 is 0 Å². The van der Waals surface area contributed by atoms with Crippen molar-refractivity contribution in [1.82, 2.24) is 15.5 Å². The first-order chi connectivity index (χ1) is 10.2. The predicted molar refractivity (Wildman–Crippen MR) is 74.3 cm³/mol. The zero-order valence-electron chi connectivity index (χ0n) is 11.4. The van der Waals surface area contributed by atoms with E-state index in [9.17, 15) is 4.79 Å². The van der Waals surface area contributed by atoms with Crippen molar-refractivity contribution in [2.75, 3.05) is 0 Å². The molecule has 0 radical (unpaired) electrons. The molecule has 0 aromatic carbocycles. The van der Waals surface area contributed by atoms with Crippen LogP contribution in [-0.4, -0.2) is 16.0 Å². The van der Waals surface area contributed by atoms with Gasteiger partial charge in [0, 0.05) is 24.5 Å². The highest BCUT2D eigenvalue weighted by Crippen LogP contribution is 2.19. The number of nitrogens with zero attached hydrogens (tertiary/aromatic N) is 2. The molecule has 3 rings (SSSR count). The number of carbonyl (C=O) groups is 1. The second-order valence-electron chi connectivity index (χ2n) is 4.54. The van der Waals surface area contributed by atoms with Crippen LogP contribution >= 0.6 is 0 Å². The van der Waals surface area contributed by atoms with Gasteiger partial charge in [-0.2, -0.15) is 0 Å². The van der Waals surface area contributed by atoms with Crippen LogP contribution in [0.3, 0.4) is 0 Å². The molecule has 6 heteroatoms.